The van der Waals surface area contributed by atoms with Crippen molar-refractivity contribution >= 4 is 22.9 Å². The molecule has 0 saturated carbocycles. The lowest BCUT2D eigenvalue weighted by atomic mass is 10.1. The number of pyridine rings is 1. The molecule has 0 bridgehead atoms. The second kappa shape index (κ2) is 4.26. The van der Waals surface area contributed by atoms with Crippen LogP contribution in [-0.4, -0.2) is 10.1 Å². The molecule has 1 unspecified atom stereocenters. The summed E-state index contributed by atoms with van der Waals surface area (Å²) in [5.74, 6) is -0.464. The van der Waals surface area contributed by atoms with Crippen LogP contribution >= 0.6 is 22.9 Å². The van der Waals surface area contributed by atoms with Crippen LogP contribution in [0.5, 0.6) is 0 Å². The van der Waals surface area contributed by atoms with Gasteiger partial charge >= 0.3 is 0 Å². The molecule has 0 spiro atoms. The van der Waals surface area contributed by atoms with Gasteiger partial charge in [0.25, 0.3) is 0 Å². The van der Waals surface area contributed by atoms with Crippen LogP contribution in [0.25, 0.3) is 0 Å². The molecule has 0 aromatic carbocycles. The summed E-state index contributed by atoms with van der Waals surface area (Å²) in [4.78, 5) is 4.35. The van der Waals surface area contributed by atoms with Crippen molar-refractivity contribution < 1.29 is 9.50 Å². The predicted molar refractivity (Wildman–Crippen MR) is 57.6 cm³/mol. The summed E-state index contributed by atoms with van der Waals surface area (Å²) in [6, 6.07) is 4.66. The van der Waals surface area contributed by atoms with E-state index in [0.29, 0.717) is 14.8 Å². The molecule has 0 radical (unpaired) electrons. The average molecular weight is 244 g/mol. The number of hydrogen-bond acceptors (Lipinski definition) is 3. The Labute approximate surface area is 95.0 Å². The Morgan fingerprint density at radius 1 is 1.40 bits per heavy atom. The summed E-state index contributed by atoms with van der Waals surface area (Å²) in [5, 5.41) is 9.87. The highest BCUT2D eigenvalue weighted by Gasteiger charge is 2.13. The molecule has 2 heterocycles. The second-order valence-corrected chi connectivity index (χ2v) is 4.73. The van der Waals surface area contributed by atoms with Crippen LogP contribution in [0.1, 0.15) is 16.5 Å². The number of nitrogens with zero attached hydrogens (tertiary/aromatic N) is 1. The van der Waals surface area contributed by atoms with Gasteiger partial charge in [-0.05, 0) is 18.2 Å². The lowest BCUT2D eigenvalue weighted by Gasteiger charge is -2.07. The molecule has 2 aromatic heterocycles. The van der Waals surface area contributed by atoms with Crippen molar-refractivity contribution in [2.24, 2.45) is 0 Å². The molecule has 1 N–H and O–H groups in total. The number of hydrogen-bond donors (Lipinski definition) is 1. The molecule has 0 aliphatic rings. The lowest BCUT2D eigenvalue weighted by Crippen LogP contribution is -1.98. The van der Waals surface area contributed by atoms with E-state index in [9.17, 15) is 9.50 Å². The molecule has 15 heavy (non-hydrogen) atoms. The van der Waals surface area contributed by atoms with Crippen molar-refractivity contribution in [3.05, 3.63) is 51.2 Å². The summed E-state index contributed by atoms with van der Waals surface area (Å²) in [6.07, 6.45) is 1.66. The molecule has 78 valence electrons. The first kappa shape index (κ1) is 10.5. The maximum absolute atomic E-state index is 12.9. The van der Waals surface area contributed by atoms with E-state index in [1.54, 1.807) is 12.1 Å². The minimum Gasteiger partial charge on any atom is -0.383 e. The first-order valence-corrected chi connectivity index (χ1v) is 5.40. The van der Waals surface area contributed by atoms with E-state index >= 15 is 0 Å². The number of aliphatic hydroxyl groups excluding tert-OH is 1. The van der Waals surface area contributed by atoms with Crippen LogP contribution in [0, 0.1) is 5.82 Å². The van der Waals surface area contributed by atoms with Crippen LogP contribution in [0.4, 0.5) is 4.39 Å². The van der Waals surface area contributed by atoms with E-state index in [4.69, 9.17) is 11.6 Å². The van der Waals surface area contributed by atoms with E-state index in [-0.39, 0.29) is 0 Å². The fourth-order valence-electron chi connectivity index (χ4n) is 1.22. The Morgan fingerprint density at radius 3 is 2.80 bits per heavy atom. The normalized spacial score (nSPS) is 12.7. The third-order valence-electron chi connectivity index (χ3n) is 1.91. The van der Waals surface area contributed by atoms with Gasteiger partial charge in [0.2, 0.25) is 0 Å². The van der Waals surface area contributed by atoms with Gasteiger partial charge in [0, 0.05) is 16.6 Å². The summed E-state index contributed by atoms with van der Waals surface area (Å²) in [6.45, 7) is 0. The topological polar surface area (TPSA) is 33.1 Å². The number of aliphatic hydroxyl groups is 1. The second-order valence-electron chi connectivity index (χ2n) is 2.98. The van der Waals surface area contributed by atoms with E-state index < -0.39 is 11.9 Å². The van der Waals surface area contributed by atoms with Gasteiger partial charge in [-0.15, -0.1) is 11.3 Å². The maximum Gasteiger partial charge on any atom is 0.141 e. The largest absolute Gasteiger partial charge is 0.383 e. The highest BCUT2D eigenvalue weighted by Crippen LogP contribution is 2.30. The van der Waals surface area contributed by atoms with Gasteiger partial charge in [0.15, 0.2) is 0 Å². The van der Waals surface area contributed by atoms with Gasteiger partial charge in [0.1, 0.15) is 11.9 Å². The minimum atomic E-state index is -0.870. The minimum absolute atomic E-state index is 0.425. The van der Waals surface area contributed by atoms with Crippen LogP contribution in [-0.2, 0) is 0 Å². The highest BCUT2D eigenvalue weighted by molar-refractivity contribution is 7.16. The zero-order valence-corrected chi connectivity index (χ0v) is 9.10. The molecule has 0 amide bonds. The molecule has 0 saturated heterocycles. The molecule has 2 aromatic rings. The van der Waals surface area contributed by atoms with Gasteiger partial charge in [-0.1, -0.05) is 11.6 Å². The number of thiophene rings is 1. The maximum atomic E-state index is 12.9. The standard InChI is InChI=1S/C10H7ClFNOS/c11-9-2-1-8(15-9)10(14)6-3-7(12)5-13-4-6/h1-5,10,14H. The smallest absolute Gasteiger partial charge is 0.141 e. The van der Waals surface area contributed by atoms with Crippen LogP contribution in [0.2, 0.25) is 4.34 Å². The number of aromatic nitrogens is 1. The first-order chi connectivity index (χ1) is 7.16. The monoisotopic (exact) mass is 243 g/mol. The Morgan fingerprint density at radius 2 is 2.20 bits per heavy atom. The van der Waals surface area contributed by atoms with Gasteiger partial charge < -0.3 is 5.11 Å². The fourth-order valence-corrected chi connectivity index (χ4v) is 2.29. The van der Waals surface area contributed by atoms with Crippen molar-refractivity contribution in [2.45, 2.75) is 6.10 Å². The zero-order valence-electron chi connectivity index (χ0n) is 7.52. The summed E-state index contributed by atoms with van der Waals surface area (Å²) < 4.78 is 13.4. The molecule has 5 heteroatoms. The Bertz CT molecular complexity index is 474. The molecule has 0 fully saturated rings. The summed E-state index contributed by atoms with van der Waals surface area (Å²) in [7, 11) is 0. The third-order valence-corrected chi connectivity index (χ3v) is 3.19. The molecule has 0 aliphatic carbocycles. The molecule has 2 nitrogen and oxygen atoms in total. The Kier molecular flexibility index (Phi) is 3.00. The average Bonchev–Trinajstić information content (AvgIpc) is 2.64. The number of halogens is 2. The van der Waals surface area contributed by atoms with Crippen LogP contribution < -0.4 is 0 Å². The van der Waals surface area contributed by atoms with E-state index in [1.807, 2.05) is 0 Å². The van der Waals surface area contributed by atoms with E-state index in [1.165, 1.54) is 23.6 Å². The third kappa shape index (κ3) is 2.34. The summed E-state index contributed by atoms with van der Waals surface area (Å²) in [5.41, 5.74) is 0.425. The van der Waals surface area contributed by atoms with Gasteiger partial charge in [-0.3, -0.25) is 4.98 Å². The quantitative estimate of drug-likeness (QED) is 0.880. The summed E-state index contributed by atoms with van der Waals surface area (Å²) >= 11 is 7.00. The predicted octanol–water partition coefficient (Wildman–Crippen LogP) is 3.02. The first-order valence-electron chi connectivity index (χ1n) is 4.20. The molecular weight excluding hydrogens is 237 g/mol. The van der Waals surface area contributed by atoms with Crippen molar-refractivity contribution in [1.82, 2.24) is 4.98 Å². The van der Waals surface area contributed by atoms with E-state index in [0.717, 1.165) is 6.20 Å². The van der Waals surface area contributed by atoms with Gasteiger partial charge in [-0.2, -0.15) is 0 Å². The van der Waals surface area contributed by atoms with E-state index in [2.05, 4.69) is 4.98 Å². The zero-order chi connectivity index (χ0) is 10.8. The Hall–Kier alpha value is -0.970. The van der Waals surface area contributed by atoms with Crippen molar-refractivity contribution in [2.75, 3.05) is 0 Å². The van der Waals surface area contributed by atoms with Crippen molar-refractivity contribution in [3.63, 3.8) is 0 Å². The SMILES string of the molecule is OC(c1cncc(F)c1)c1ccc(Cl)s1. The number of rotatable bonds is 2. The lowest BCUT2D eigenvalue weighted by molar-refractivity contribution is 0.223. The van der Waals surface area contributed by atoms with Crippen molar-refractivity contribution in [3.8, 4) is 0 Å². The highest BCUT2D eigenvalue weighted by atomic mass is 35.5. The van der Waals surface area contributed by atoms with Crippen LogP contribution in [0.15, 0.2) is 30.6 Å². The van der Waals surface area contributed by atoms with Crippen LogP contribution in [0.3, 0.4) is 0 Å². The molecule has 2 rings (SSSR count). The Balaban J connectivity index is 2.32. The van der Waals surface area contributed by atoms with Crippen molar-refractivity contribution in [1.29, 1.82) is 0 Å². The van der Waals surface area contributed by atoms with Gasteiger partial charge in [-0.25, -0.2) is 4.39 Å². The molecule has 1 atom stereocenters. The van der Waals surface area contributed by atoms with Gasteiger partial charge in [0.05, 0.1) is 10.5 Å². The molecule has 0 aliphatic heterocycles. The molecular formula is C10H7ClFNOS. The fraction of sp³-hybridized carbons (Fsp3) is 0.100.